The second-order valence-corrected chi connectivity index (χ2v) is 3.36. The minimum absolute atomic E-state index is 0.145. The van der Waals surface area contributed by atoms with Gasteiger partial charge in [0.15, 0.2) is 5.78 Å². The van der Waals surface area contributed by atoms with E-state index >= 15 is 0 Å². The van der Waals surface area contributed by atoms with Crippen LogP contribution in [0.25, 0.3) is 0 Å². The molecule has 1 rings (SSSR count). The summed E-state index contributed by atoms with van der Waals surface area (Å²) in [6, 6.07) is 1.43. The van der Waals surface area contributed by atoms with Crippen molar-refractivity contribution < 1.29 is 19.5 Å². The number of amides is 1. The van der Waals surface area contributed by atoms with E-state index in [1.807, 2.05) is 0 Å². The van der Waals surface area contributed by atoms with Gasteiger partial charge in [-0.3, -0.25) is 14.4 Å². The summed E-state index contributed by atoms with van der Waals surface area (Å²) in [4.78, 5) is 32.8. The fourth-order valence-corrected chi connectivity index (χ4v) is 1.23. The second kappa shape index (κ2) is 4.61. The number of Topliss-reactive ketones (excluding diaryl/α,β-unsaturated/α-hetero) is 1. The third-order valence-electron chi connectivity index (χ3n) is 2.04. The molecule has 1 aromatic rings. The van der Waals surface area contributed by atoms with Crippen molar-refractivity contribution in [1.29, 1.82) is 0 Å². The molecule has 6 nitrogen and oxygen atoms in total. The van der Waals surface area contributed by atoms with Gasteiger partial charge in [0.2, 0.25) is 0 Å². The largest absolute Gasteiger partial charge is 0.480 e. The Morgan fingerprint density at radius 1 is 1.44 bits per heavy atom. The smallest absolute Gasteiger partial charge is 0.322 e. The van der Waals surface area contributed by atoms with Gasteiger partial charge in [0.05, 0.1) is 0 Å². The normalized spacial score (nSPS) is 9.88. The van der Waals surface area contributed by atoms with Gasteiger partial charge in [-0.25, -0.2) is 0 Å². The number of carbonyl (C=O) groups is 3. The van der Waals surface area contributed by atoms with Crippen LogP contribution >= 0.6 is 0 Å². The van der Waals surface area contributed by atoms with Gasteiger partial charge in [0.25, 0.3) is 5.91 Å². The fourth-order valence-electron chi connectivity index (χ4n) is 1.23. The fraction of sp³-hybridized carbons (Fsp3) is 0.300. The van der Waals surface area contributed by atoms with Crippen molar-refractivity contribution in [2.24, 2.45) is 7.05 Å². The molecule has 86 valence electrons. The first-order chi connectivity index (χ1) is 7.41. The van der Waals surface area contributed by atoms with Crippen molar-refractivity contribution in [1.82, 2.24) is 9.88 Å². The molecule has 0 spiro atoms. The lowest BCUT2D eigenvalue weighted by atomic mass is 10.2. The molecule has 0 aliphatic carbocycles. The van der Waals surface area contributed by atoms with Crippen molar-refractivity contribution in [2.75, 3.05) is 6.54 Å². The molecule has 1 aromatic heterocycles. The van der Waals surface area contributed by atoms with Crippen LogP contribution in [0.15, 0.2) is 12.3 Å². The summed E-state index contributed by atoms with van der Waals surface area (Å²) in [5.41, 5.74) is 0.675. The van der Waals surface area contributed by atoms with Crippen LogP contribution in [0.3, 0.4) is 0 Å². The Morgan fingerprint density at radius 3 is 2.50 bits per heavy atom. The highest BCUT2D eigenvalue weighted by Crippen LogP contribution is 2.07. The zero-order chi connectivity index (χ0) is 12.3. The van der Waals surface area contributed by atoms with Gasteiger partial charge in [-0.15, -0.1) is 0 Å². The third kappa shape index (κ3) is 2.69. The number of carboxylic acids is 1. The van der Waals surface area contributed by atoms with Crippen molar-refractivity contribution in [2.45, 2.75) is 6.92 Å². The highest BCUT2D eigenvalue weighted by atomic mass is 16.4. The van der Waals surface area contributed by atoms with E-state index in [1.165, 1.54) is 23.8 Å². The number of hydrogen-bond acceptors (Lipinski definition) is 3. The summed E-state index contributed by atoms with van der Waals surface area (Å²) in [5.74, 6) is -1.78. The molecule has 0 unspecified atom stereocenters. The molecule has 0 saturated heterocycles. The number of hydrogen-bond donors (Lipinski definition) is 2. The number of aliphatic carboxylic acids is 1. The molecule has 0 bridgehead atoms. The number of nitrogens with zero attached hydrogens (tertiary/aromatic N) is 1. The zero-order valence-corrected chi connectivity index (χ0v) is 8.98. The van der Waals surface area contributed by atoms with Crippen LogP contribution in [0, 0.1) is 0 Å². The van der Waals surface area contributed by atoms with Crippen LogP contribution in [0.2, 0.25) is 0 Å². The van der Waals surface area contributed by atoms with Crippen LogP contribution in [-0.2, 0) is 11.8 Å². The van der Waals surface area contributed by atoms with Crippen LogP contribution < -0.4 is 5.32 Å². The first-order valence-corrected chi connectivity index (χ1v) is 4.59. The minimum atomic E-state index is -1.12. The van der Waals surface area contributed by atoms with E-state index in [1.54, 1.807) is 7.05 Å². The molecule has 0 aliphatic rings. The second-order valence-electron chi connectivity index (χ2n) is 3.36. The Hall–Kier alpha value is -2.11. The molecule has 0 radical (unpaired) electrons. The number of rotatable bonds is 4. The minimum Gasteiger partial charge on any atom is -0.480 e. The third-order valence-corrected chi connectivity index (χ3v) is 2.04. The van der Waals surface area contributed by atoms with E-state index in [0.717, 1.165) is 0 Å². The first kappa shape index (κ1) is 12.0. The van der Waals surface area contributed by atoms with E-state index in [-0.39, 0.29) is 11.5 Å². The monoisotopic (exact) mass is 224 g/mol. The van der Waals surface area contributed by atoms with Gasteiger partial charge in [-0.2, -0.15) is 0 Å². The lowest BCUT2D eigenvalue weighted by Crippen LogP contribution is -2.30. The zero-order valence-electron chi connectivity index (χ0n) is 8.98. The molecule has 2 N–H and O–H groups in total. The molecule has 16 heavy (non-hydrogen) atoms. The Labute approximate surface area is 91.9 Å². The number of nitrogens with one attached hydrogen (secondary N) is 1. The van der Waals surface area contributed by atoms with E-state index in [9.17, 15) is 14.4 Å². The van der Waals surface area contributed by atoms with Gasteiger partial charge in [0.1, 0.15) is 12.2 Å². The van der Waals surface area contributed by atoms with Crippen molar-refractivity contribution >= 4 is 17.7 Å². The molecular weight excluding hydrogens is 212 g/mol. The number of aryl methyl sites for hydroxylation is 1. The Bertz CT molecular complexity index is 448. The van der Waals surface area contributed by atoms with Crippen LogP contribution in [0.1, 0.15) is 27.8 Å². The molecule has 6 heteroatoms. The standard InChI is InChI=1S/C10H12N2O4/c1-6(13)7-3-8(12(2)5-7)10(16)11-4-9(14)15/h3,5H,4H2,1-2H3,(H,11,16)(H,14,15). The van der Waals surface area contributed by atoms with E-state index < -0.39 is 18.4 Å². The topological polar surface area (TPSA) is 88.4 Å². The number of ketones is 1. The lowest BCUT2D eigenvalue weighted by Gasteiger charge is -2.02. The number of carboxylic acid groups (broad SMARTS) is 1. The summed E-state index contributed by atoms with van der Waals surface area (Å²) in [7, 11) is 1.61. The Kier molecular flexibility index (Phi) is 3.44. The summed E-state index contributed by atoms with van der Waals surface area (Å²) >= 11 is 0. The van der Waals surface area contributed by atoms with Gasteiger partial charge in [-0.1, -0.05) is 0 Å². The van der Waals surface area contributed by atoms with Crippen molar-refractivity contribution in [3.05, 3.63) is 23.5 Å². The summed E-state index contributed by atoms with van der Waals surface area (Å²) in [6.07, 6.45) is 1.53. The van der Waals surface area contributed by atoms with Gasteiger partial charge in [0, 0.05) is 18.8 Å². The highest BCUT2D eigenvalue weighted by Gasteiger charge is 2.13. The van der Waals surface area contributed by atoms with E-state index in [4.69, 9.17) is 5.11 Å². The van der Waals surface area contributed by atoms with Crippen molar-refractivity contribution in [3.63, 3.8) is 0 Å². The molecule has 0 saturated carbocycles. The quantitative estimate of drug-likeness (QED) is 0.707. The van der Waals surface area contributed by atoms with Gasteiger partial charge in [-0.05, 0) is 13.0 Å². The number of aromatic nitrogens is 1. The molecule has 0 aromatic carbocycles. The van der Waals surface area contributed by atoms with Crippen LogP contribution in [0.5, 0.6) is 0 Å². The van der Waals surface area contributed by atoms with E-state index in [2.05, 4.69) is 5.32 Å². The Balaban J connectivity index is 2.83. The maximum Gasteiger partial charge on any atom is 0.322 e. The van der Waals surface area contributed by atoms with Crippen LogP contribution in [0.4, 0.5) is 0 Å². The molecular formula is C10H12N2O4. The molecule has 0 atom stereocenters. The first-order valence-electron chi connectivity index (χ1n) is 4.59. The predicted molar refractivity (Wildman–Crippen MR) is 55.4 cm³/mol. The average Bonchev–Trinajstić information content (AvgIpc) is 2.57. The van der Waals surface area contributed by atoms with Crippen molar-refractivity contribution in [3.8, 4) is 0 Å². The predicted octanol–water partition coefficient (Wildman–Crippen LogP) is 0.0421. The summed E-state index contributed by atoms with van der Waals surface area (Å²) in [6.45, 7) is 0.952. The van der Waals surface area contributed by atoms with Gasteiger partial charge < -0.3 is 15.0 Å². The number of carbonyl (C=O) groups excluding carboxylic acids is 2. The molecule has 0 fully saturated rings. The highest BCUT2D eigenvalue weighted by molar-refractivity contribution is 5.99. The van der Waals surface area contributed by atoms with E-state index in [0.29, 0.717) is 5.56 Å². The van der Waals surface area contributed by atoms with Gasteiger partial charge >= 0.3 is 5.97 Å². The SMILES string of the molecule is CC(=O)c1cc(C(=O)NCC(=O)O)n(C)c1. The maximum atomic E-state index is 11.5. The molecule has 1 heterocycles. The average molecular weight is 224 g/mol. The Morgan fingerprint density at radius 2 is 2.06 bits per heavy atom. The molecule has 0 aliphatic heterocycles. The van der Waals surface area contributed by atoms with Crippen LogP contribution in [-0.4, -0.2) is 33.9 Å². The summed E-state index contributed by atoms with van der Waals surface area (Å²) < 4.78 is 1.48. The maximum absolute atomic E-state index is 11.5. The molecule has 1 amide bonds. The summed E-state index contributed by atoms with van der Waals surface area (Å²) in [5, 5.41) is 10.6. The lowest BCUT2D eigenvalue weighted by molar-refractivity contribution is -0.135.